The molecule has 126 valence electrons. The summed E-state index contributed by atoms with van der Waals surface area (Å²) in [5.41, 5.74) is 0. The van der Waals surface area contributed by atoms with Gasteiger partial charge in [-0.3, -0.25) is 9.59 Å². The average Bonchev–Trinajstić information content (AvgIpc) is 3.12. The predicted molar refractivity (Wildman–Crippen MR) is 84.0 cm³/mol. The highest BCUT2D eigenvalue weighted by atomic mass is 16.5. The number of rotatable bonds is 2. The SMILES string of the molecule is COC(=O)C1[C@@H]2C=C[C@@H](C3C2[C@@H]2C[C@H]3C(C)[C@H]2C)[C@@H]1C(=O)OC. The molecule has 23 heavy (non-hydrogen) atoms. The van der Waals surface area contributed by atoms with E-state index in [1.807, 2.05) is 0 Å². The first-order chi connectivity index (χ1) is 11.0. The van der Waals surface area contributed by atoms with Gasteiger partial charge in [-0.05, 0) is 53.8 Å². The smallest absolute Gasteiger partial charge is 0.310 e. The Morgan fingerprint density at radius 1 is 0.826 bits per heavy atom. The van der Waals surface area contributed by atoms with Crippen molar-refractivity contribution in [2.75, 3.05) is 14.2 Å². The Morgan fingerprint density at radius 3 is 1.57 bits per heavy atom. The van der Waals surface area contributed by atoms with Crippen molar-refractivity contribution in [3.63, 3.8) is 0 Å². The summed E-state index contributed by atoms with van der Waals surface area (Å²) in [6, 6.07) is 0. The van der Waals surface area contributed by atoms with E-state index in [-0.39, 0.29) is 35.6 Å². The Labute approximate surface area is 137 Å². The van der Waals surface area contributed by atoms with Gasteiger partial charge in [-0.15, -0.1) is 0 Å². The highest BCUT2D eigenvalue weighted by molar-refractivity contribution is 5.84. The van der Waals surface area contributed by atoms with Crippen LogP contribution in [0.25, 0.3) is 0 Å². The summed E-state index contributed by atoms with van der Waals surface area (Å²) in [6.07, 6.45) is 5.66. The molecule has 5 rings (SSSR count). The van der Waals surface area contributed by atoms with Crippen molar-refractivity contribution in [2.24, 2.45) is 59.2 Å². The van der Waals surface area contributed by atoms with Crippen molar-refractivity contribution in [3.05, 3.63) is 12.2 Å². The Hall–Kier alpha value is -1.32. The lowest BCUT2D eigenvalue weighted by Gasteiger charge is -2.55. The van der Waals surface area contributed by atoms with Crippen LogP contribution in [0.3, 0.4) is 0 Å². The zero-order valence-electron chi connectivity index (χ0n) is 14.3. The van der Waals surface area contributed by atoms with E-state index in [2.05, 4.69) is 26.0 Å². The number of allylic oxidation sites excluding steroid dienone is 2. The second-order valence-electron chi connectivity index (χ2n) is 8.07. The van der Waals surface area contributed by atoms with Crippen LogP contribution in [0.15, 0.2) is 12.2 Å². The van der Waals surface area contributed by atoms with E-state index in [0.717, 1.165) is 0 Å². The summed E-state index contributed by atoms with van der Waals surface area (Å²) in [4.78, 5) is 24.9. The molecule has 5 aliphatic carbocycles. The molecule has 0 aromatic carbocycles. The fraction of sp³-hybridized carbons (Fsp3) is 0.789. The van der Waals surface area contributed by atoms with Gasteiger partial charge in [0.15, 0.2) is 0 Å². The summed E-state index contributed by atoms with van der Waals surface area (Å²) in [5.74, 6) is 2.88. The Balaban J connectivity index is 1.77. The van der Waals surface area contributed by atoms with Crippen molar-refractivity contribution in [1.82, 2.24) is 0 Å². The number of methoxy groups -OCH3 is 2. The van der Waals surface area contributed by atoms with Gasteiger partial charge in [-0.25, -0.2) is 0 Å². The molecule has 0 heterocycles. The lowest BCUT2D eigenvalue weighted by atomic mass is 9.48. The second-order valence-corrected chi connectivity index (χ2v) is 8.07. The number of carbonyl (C=O) groups excluding carboxylic acids is 2. The first kappa shape index (κ1) is 15.2. The fourth-order valence-corrected chi connectivity index (χ4v) is 6.78. The van der Waals surface area contributed by atoms with E-state index in [0.29, 0.717) is 35.5 Å². The van der Waals surface area contributed by atoms with Crippen LogP contribution in [0.5, 0.6) is 0 Å². The Bertz CT molecular complexity index is 520. The van der Waals surface area contributed by atoms with Gasteiger partial charge in [0.1, 0.15) is 0 Å². The van der Waals surface area contributed by atoms with Crippen LogP contribution in [0, 0.1) is 59.2 Å². The third-order valence-electron chi connectivity index (χ3n) is 7.76. The van der Waals surface area contributed by atoms with Gasteiger partial charge in [-0.2, -0.15) is 0 Å². The number of ether oxygens (including phenoxy) is 2. The van der Waals surface area contributed by atoms with E-state index in [9.17, 15) is 9.59 Å². The van der Waals surface area contributed by atoms with E-state index in [1.54, 1.807) is 0 Å². The number of esters is 2. The number of fused-ring (bicyclic) bond motifs is 3. The zero-order valence-corrected chi connectivity index (χ0v) is 14.3. The molecule has 10 atom stereocenters. The minimum atomic E-state index is -0.370. The van der Waals surface area contributed by atoms with Crippen LogP contribution >= 0.6 is 0 Å². The maximum Gasteiger partial charge on any atom is 0.310 e. The average molecular weight is 318 g/mol. The molecule has 4 heteroatoms. The van der Waals surface area contributed by atoms with Crippen molar-refractivity contribution in [3.8, 4) is 0 Å². The molecular formula is C19H26O4. The molecule has 0 saturated heterocycles. The summed E-state index contributed by atoms with van der Waals surface area (Å²) in [5, 5.41) is 0. The van der Waals surface area contributed by atoms with Crippen molar-refractivity contribution >= 4 is 11.9 Å². The fourth-order valence-electron chi connectivity index (χ4n) is 6.78. The number of carbonyl (C=O) groups is 2. The molecule has 5 aliphatic rings. The number of hydrogen-bond donors (Lipinski definition) is 0. The Morgan fingerprint density at radius 2 is 1.22 bits per heavy atom. The van der Waals surface area contributed by atoms with Crippen LogP contribution in [0.1, 0.15) is 20.3 Å². The topological polar surface area (TPSA) is 52.6 Å². The largest absolute Gasteiger partial charge is 0.469 e. The molecule has 0 radical (unpaired) electrons. The van der Waals surface area contributed by atoms with Crippen LogP contribution in [0.4, 0.5) is 0 Å². The van der Waals surface area contributed by atoms with E-state index in [4.69, 9.17) is 9.47 Å². The molecule has 0 spiro atoms. The molecule has 4 bridgehead atoms. The first-order valence-electron chi connectivity index (χ1n) is 8.85. The lowest BCUT2D eigenvalue weighted by Crippen LogP contribution is -2.57. The predicted octanol–water partition coefficient (Wildman–Crippen LogP) is 2.53. The van der Waals surface area contributed by atoms with Gasteiger partial charge in [0.25, 0.3) is 0 Å². The summed E-state index contributed by atoms with van der Waals surface area (Å²) >= 11 is 0. The second kappa shape index (κ2) is 5.09. The molecule has 0 amide bonds. The summed E-state index contributed by atoms with van der Waals surface area (Å²) in [7, 11) is 2.84. The quantitative estimate of drug-likeness (QED) is 0.580. The highest BCUT2D eigenvalue weighted by Crippen LogP contribution is 2.68. The van der Waals surface area contributed by atoms with Gasteiger partial charge in [0.2, 0.25) is 0 Å². The molecule has 4 nitrogen and oxygen atoms in total. The Kier molecular flexibility index (Phi) is 3.37. The molecule has 0 N–H and O–H groups in total. The molecule has 0 aromatic heterocycles. The van der Waals surface area contributed by atoms with Crippen LogP contribution in [-0.2, 0) is 19.1 Å². The van der Waals surface area contributed by atoms with Gasteiger partial charge in [-0.1, -0.05) is 26.0 Å². The molecule has 3 saturated carbocycles. The molecular weight excluding hydrogens is 292 g/mol. The standard InChI is InChI=1S/C19H26O4/c1-8-9(2)13-7-12(8)14-10-5-6-11(15(13)14)17(19(21)23-4)16(10)18(20)22-3/h5-6,8-17H,7H2,1-4H3/t8-,9?,10-,11+,12-,13+,14?,15?,16?,17+/m1/s1. The first-order valence-corrected chi connectivity index (χ1v) is 8.85. The van der Waals surface area contributed by atoms with Crippen molar-refractivity contribution in [1.29, 1.82) is 0 Å². The summed E-state index contributed by atoms with van der Waals surface area (Å²) in [6.45, 7) is 4.73. The summed E-state index contributed by atoms with van der Waals surface area (Å²) < 4.78 is 10.1. The van der Waals surface area contributed by atoms with Crippen molar-refractivity contribution < 1.29 is 19.1 Å². The minimum Gasteiger partial charge on any atom is -0.469 e. The van der Waals surface area contributed by atoms with Crippen LogP contribution < -0.4 is 0 Å². The van der Waals surface area contributed by atoms with Crippen LogP contribution in [-0.4, -0.2) is 26.2 Å². The monoisotopic (exact) mass is 318 g/mol. The molecule has 0 aromatic rings. The normalized spacial score (nSPS) is 52.3. The van der Waals surface area contributed by atoms with E-state index < -0.39 is 0 Å². The third-order valence-corrected chi connectivity index (χ3v) is 7.76. The van der Waals surface area contributed by atoms with Gasteiger partial charge >= 0.3 is 11.9 Å². The number of hydrogen-bond acceptors (Lipinski definition) is 4. The molecule has 4 unspecified atom stereocenters. The minimum absolute atomic E-state index is 0.131. The maximum absolute atomic E-state index is 12.5. The molecule has 0 aliphatic heterocycles. The van der Waals surface area contributed by atoms with Gasteiger partial charge in [0.05, 0.1) is 26.1 Å². The maximum atomic E-state index is 12.5. The van der Waals surface area contributed by atoms with E-state index >= 15 is 0 Å². The van der Waals surface area contributed by atoms with Gasteiger partial charge < -0.3 is 9.47 Å². The highest BCUT2D eigenvalue weighted by Gasteiger charge is 2.67. The van der Waals surface area contributed by atoms with Gasteiger partial charge in [0, 0.05) is 0 Å². The van der Waals surface area contributed by atoms with Crippen molar-refractivity contribution in [2.45, 2.75) is 20.3 Å². The third kappa shape index (κ3) is 1.78. The lowest BCUT2D eigenvalue weighted by molar-refractivity contribution is -0.172. The molecule has 3 fully saturated rings. The zero-order chi connectivity index (χ0) is 16.5. The van der Waals surface area contributed by atoms with E-state index in [1.165, 1.54) is 20.6 Å². The van der Waals surface area contributed by atoms with Crippen LogP contribution in [0.2, 0.25) is 0 Å².